The maximum absolute atomic E-state index is 5.45. The SMILES string of the molecule is NCCCC=c1ccc(=CCCCN)cc1. The third kappa shape index (κ3) is 5.10. The molecule has 0 radical (unpaired) electrons. The van der Waals surface area contributed by atoms with Crippen LogP contribution in [0.3, 0.4) is 0 Å². The summed E-state index contributed by atoms with van der Waals surface area (Å²) in [7, 11) is 0. The largest absolute Gasteiger partial charge is 0.330 e. The van der Waals surface area contributed by atoms with E-state index in [4.69, 9.17) is 11.5 Å². The molecule has 0 atom stereocenters. The Kier molecular flexibility index (Phi) is 6.54. The molecule has 0 spiro atoms. The highest BCUT2D eigenvalue weighted by Gasteiger charge is 1.83. The smallest absolute Gasteiger partial charge is 0.00743 e. The number of hydrogen-bond donors (Lipinski definition) is 2. The first-order chi connectivity index (χ1) is 7.86. The predicted octanol–water partition coefficient (Wildman–Crippen LogP) is 0.725. The molecule has 0 saturated carbocycles. The van der Waals surface area contributed by atoms with Crippen molar-refractivity contribution in [3.8, 4) is 0 Å². The Bertz CT molecular complexity index is 333. The van der Waals surface area contributed by atoms with Crippen LogP contribution in [0.15, 0.2) is 24.3 Å². The zero-order valence-corrected chi connectivity index (χ0v) is 9.86. The second-order valence-corrected chi connectivity index (χ2v) is 3.94. The summed E-state index contributed by atoms with van der Waals surface area (Å²) in [6.07, 6.45) is 8.71. The van der Waals surface area contributed by atoms with Crippen molar-refractivity contribution in [3.05, 3.63) is 34.7 Å². The topological polar surface area (TPSA) is 52.0 Å². The van der Waals surface area contributed by atoms with Crippen molar-refractivity contribution in [2.45, 2.75) is 25.7 Å². The van der Waals surface area contributed by atoms with Crippen molar-refractivity contribution >= 4 is 12.2 Å². The number of rotatable bonds is 6. The van der Waals surface area contributed by atoms with Gasteiger partial charge in [-0.1, -0.05) is 36.4 Å². The Balaban J connectivity index is 2.60. The lowest BCUT2D eigenvalue weighted by atomic mass is 10.2. The van der Waals surface area contributed by atoms with Crippen molar-refractivity contribution in [1.29, 1.82) is 0 Å². The summed E-state index contributed by atoms with van der Waals surface area (Å²) in [5, 5.41) is 2.56. The fraction of sp³-hybridized carbons (Fsp3) is 0.429. The molecule has 0 heterocycles. The molecule has 1 aromatic carbocycles. The Labute approximate surface area is 97.7 Å². The minimum Gasteiger partial charge on any atom is -0.330 e. The average molecular weight is 218 g/mol. The minimum absolute atomic E-state index is 0.765. The van der Waals surface area contributed by atoms with Crippen LogP contribution in [0.5, 0.6) is 0 Å². The van der Waals surface area contributed by atoms with E-state index >= 15 is 0 Å². The van der Waals surface area contributed by atoms with Gasteiger partial charge in [0.15, 0.2) is 0 Å². The van der Waals surface area contributed by atoms with E-state index in [1.165, 1.54) is 10.4 Å². The van der Waals surface area contributed by atoms with Gasteiger partial charge in [-0.05, 0) is 49.2 Å². The van der Waals surface area contributed by atoms with Crippen LogP contribution in [0, 0.1) is 0 Å². The van der Waals surface area contributed by atoms with Crippen LogP contribution in [-0.4, -0.2) is 13.1 Å². The van der Waals surface area contributed by atoms with Gasteiger partial charge in [0, 0.05) is 0 Å². The molecule has 4 N–H and O–H groups in total. The fourth-order valence-electron chi connectivity index (χ4n) is 1.54. The zero-order valence-electron chi connectivity index (χ0n) is 9.86. The highest BCUT2D eigenvalue weighted by molar-refractivity contribution is 5.28. The van der Waals surface area contributed by atoms with E-state index in [-0.39, 0.29) is 0 Å². The molecule has 2 nitrogen and oxygen atoms in total. The van der Waals surface area contributed by atoms with Gasteiger partial charge in [0.2, 0.25) is 0 Å². The van der Waals surface area contributed by atoms with Gasteiger partial charge in [-0.2, -0.15) is 0 Å². The molecule has 0 aliphatic rings. The van der Waals surface area contributed by atoms with Crippen LogP contribution in [0.1, 0.15) is 25.7 Å². The average Bonchev–Trinajstić information content (AvgIpc) is 2.32. The van der Waals surface area contributed by atoms with Crippen LogP contribution < -0.4 is 21.9 Å². The van der Waals surface area contributed by atoms with E-state index in [9.17, 15) is 0 Å². The summed E-state index contributed by atoms with van der Waals surface area (Å²) in [6.45, 7) is 1.53. The Morgan fingerprint density at radius 2 is 1.12 bits per heavy atom. The van der Waals surface area contributed by atoms with Crippen LogP contribution in [0.25, 0.3) is 12.2 Å². The molecule has 0 fully saturated rings. The third-order valence-corrected chi connectivity index (χ3v) is 2.51. The third-order valence-electron chi connectivity index (χ3n) is 2.51. The summed E-state index contributed by atoms with van der Waals surface area (Å²) in [6, 6.07) is 8.63. The molecule has 0 aliphatic heterocycles. The highest BCUT2D eigenvalue weighted by atomic mass is 14.5. The van der Waals surface area contributed by atoms with Gasteiger partial charge in [-0.25, -0.2) is 0 Å². The standard InChI is InChI=1S/C14H22N2/c15-11-3-1-5-13-7-9-14(10-8-13)6-2-4-12-16/h5-10H,1-4,11-12,15-16H2. The van der Waals surface area contributed by atoms with E-state index in [0.717, 1.165) is 38.8 Å². The maximum Gasteiger partial charge on any atom is -0.00743 e. The van der Waals surface area contributed by atoms with Gasteiger partial charge in [0.25, 0.3) is 0 Å². The first-order valence-corrected chi connectivity index (χ1v) is 6.03. The van der Waals surface area contributed by atoms with Crippen LogP contribution in [-0.2, 0) is 0 Å². The summed E-state index contributed by atoms with van der Waals surface area (Å²) in [5.41, 5.74) is 10.9. The molecule has 2 heteroatoms. The summed E-state index contributed by atoms with van der Waals surface area (Å²) in [4.78, 5) is 0. The number of nitrogens with two attached hydrogens (primary N) is 2. The van der Waals surface area contributed by atoms with Crippen LogP contribution in [0.2, 0.25) is 0 Å². The first-order valence-electron chi connectivity index (χ1n) is 6.03. The molecule has 1 rings (SSSR count). The summed E-state index contributed by atoms with van der Waals surface area (Å²) in [5.74, 6) is 0. The number of benzene rings is 1. The molecular formula is C14H22N2. The molecule has 0 unspecified atom stereocenters. The van der Waals surface area contributed by atoms with E-state index in [0.29, 0.717) is 0 Å². The number of unbranched alkanes of at least 4 members (excludes halogenated alkanes) is 2. The maximum atomic E-state index is 5.45. The molecule has 1 aromatic rings. The van der Waals surface area contributed by atoms with Crippen molar-refractivity contribution in [3.63, 3.8) is 0 Å². The van der Waals surface area contributed by atoms with Gasteiger partial charge in [-0.15, -0.1) is 0 Å². The van der Waals surface area contributed by atoms with Gasteiger partial charge in [0.1, 0.15) is 0 Å². The predicted molar refractivity (Wildman–Crippen MR) is 71.2 cm³/mol. The molecule has 0 saturated heterocycles. The molecule has 0 aliphatic carbocycles. The second-order valence-electron chi connectivity index (χ2n) is 3.94. The molecule has 0 amide bonds. The lowest BCUT2D eigenvalue weighted by molar-refractivity contribution is 0.875. The molecule has 88 valence electrons. The van der Waals surface area contributed by atoms with E-state index in [1.54, 1.807) is 0 Å². The quantitative estimate of drug-likeness (QED) is 0.692. The lowest BCUT2D eigenvalue weighted by Gasteiger charge is -1.92. The van der Waals surface area contributed by atoms with Gasteiger partial charge in [0.05, 0.1) is 0 Å². The van der Waals surface area contributed by atoms with E-state index in [2.05, 4.69) is 36.4 Å². The monoisotopic (exact) mass is 218 g/mol. The van der Waals surface area contributed by atoms with Gasteiger partial charge >= 0.3 is 0 Å². The molecule has 16 heavy (non-hydrogen) atoms. The van der Waals surface area contributed by atoms with Crippen molar-refractivity contribution in [1.82, 2.24) is 0 Å². The van der Waals surface area contributed by atoms with Crippen molar-refractivity contribution < 1.29 is 0 Å². The Morgan fingerprint density at radius 1 is 0.750 bits per heavy atom. The van der Waals surface area contributed by atoms with E-state index < -0.39 is 0 Å². The summed E-state index contributed by atoms with van der Waals surface area (Å²) >= 11 is 0. The first kappa shape index (κ1) is 12.9. The molecule has 0 bridgehead atoms. The highest BCUT2D eigenvalue weighted by Crippen LogP contribution is 1.88. The normalized spacial score (nSPS) is 10.1. The Hall–Kier alpha value is -1.12. The van der Waals surface area contributed by atoms with E-state index in [1.807, 2.05) is 0 Å². The zero-order chi connectivity index (χ0) is 11.6. The van der Waals surface area contributed by atoms with Crippen molar-refractivity contribution in [2.24, 2.45) is 11.5 Å². The van der Waals surface area contributed by atoms with Gasteiger partial charge in [-0.3, -0.25) is 0 Å². The number of hydrogen-bond acceptors (Lipinski definition) is 2. The molecular weight excluding hydrogens is 196 g/mol. The summed E-state index contributed by atoms with van der Waals surface area (Å²) < 4.78 is 0. The minimum atomic E-state index is 0.765. The molecule has 0 aromatic heterocycles. The Morgan fingerprint density at radius 3 is 1.44 bits per heavy atom. The fourth-order valence-corrected chi connectivity index (χ4v) is 1.54. The second kappa shape index (κ2) is 8.08. The van der Waals surface area contributed by atoms with Crippen LogP contribution >= 0.6 is 0 Å². The van der Waals surface area contributed by atoms with Crippen molar-refractivity contribution in [2.75, 3.05) is 13.1 Å². The lowest BCUT2D eigenvalue weighted by Crippen LogP contribution is -2.07. The van der Waals surface area contributed by atoms with Gasteiger partial charge < -0.3 is 11.5 Å². The van der Waals surface area contributed by atoms with Crippen LogP contribution in [0.4, 0.5) is 0 Å².